The van der Waals surface area contributed by atoms with Crippen LogP contribution in [0.5, 0.6) is 0 Å². The smallest absolute Gasteiger partial charge is 0.229 e. The van der Waals surface area contributed by atoms with Gasteiger partial charge in [-0.3, -0.25) is 4.79 Å². The lowest BCUT2D eigenvalue weighted by Crippen LogP contribution is -2.38. The number of benzene rings is 2. The van der Waals surface area contributed by atoms with E-state index in [1.807, 2.05) is 30.0 Å². The number of aromatic nitrogens is 2. The Morgan fingerprint density at radius 1 is 1.16 bits per heavy atom. The van der Waals surface area contributed by atoms with Gasteiger partial charge in [-0.2, -0.15) is 4.98 Å². The van der Waals surface area contributed by atoms with Crippen LogP contribution >= 0.6 is 0 Å². The van der Waals surface area contributed by atoms with E-state index in [9.17, 15) is 4.79 Å². The predicted molar refractivity (Wildman–Crippen MR) is 95.2 cm³/mol. The average molecular weight is 335 g/mol. The Bertz CT molecular complexity index is 895. The Labute approximate surface area is 146 Å². The zero-order valence-corrected chi connectivity index (χ0v) is 14.3. The van der Waals surface area contributed by atoms with Crippen LogP contribution in [0, 0.1) is 6.92 Å². The number of fused-ring (bicyclic) bond motifs is 1. The zero-order valence-electron chi connectivity index (χ0n) is 14.3. The van der Waals surface area contributed by atoms with E-state index >= 15 is 0 Å². The molecule has 4 rings (SSSR count). The molecule has 0 aliphatic carbocycles. The number of likely N-dealkylation sites (tertiary alicyclic amines) is 1. The number of nitrogens with zero attached hydrogens (tertiary/aromatic N) is 3. The van der Waals surface area contributed by atoms with E-state index in [0.29, 0.717) is 18.1 Å². The molecule has 25 heavy (non-hydrogen) atoms. The van der Waals surface area contributed by atoms with E-state index in [1.165, 1.54) is 10.8 Å². The van der Waals surface area contributed by atoms with Gasteiger partial charge in [0.2, 0.25) is 11.8 Å². The zero-order chi connectivity index (χ0) is 17.2. The molecule has 0 atom stereocenters. The lowest BCUT2D eigenvalue weighted by atomic mass is 9.96. The van der Waals surface area contributed by atoms with Gasteiger partial charge in [-0.1, -0.05) is 47.6 Å². The molecule has 1 saturated heterocycles. The monoisotopic (exact) mass is 335 g/mol. The molecular formula is C20H21N3O2. The van der Waals surface area contributed by atoms with Crippen LogP contribution in [-0.2, 0) is 11.2 Å². The molecule has 1 aromatic heterocycles. The maximum atomic E-state index is 12.6. The number of piperidine rings is 1. The SMILES string of the molecule is Cc1noc(C2CCN(C(=O)Cc3ccc4ccccc4c3)CC2)n1. The summed E-state index contributed by atoms with van der Waals surface area (Å²) in [4.78, 5) is 18.9. The summed E-state index contributed by atoms with van der Waals surface area (Å²) >= 11 is 0. The lowest BCUT2D eigenvalue weighted by Gasteiger charge is -2.30. The van der Waals surface area contributed by atoms with Crippen LogP contribution in [-0.4, -0.2) is 34.0 Å². The van der Waals surface area contributed by atoms with E-state index in [1.54, 1.807) is 0 Å². The third-order valence-electron chi connectivity index (χ3n) is 4.91. The molecule has 1 aliphatic heterocycles. The molecule has 0 saturated carbocycles. The summed E-state index contributed by atoms with van der Waals surface area (Å²) in [5.74, 6) is 1.84. The van der Waals surface area contributed by atoms with Crippen LogP contribution in [0.2, 0.25) is 0 Å². The van der Waals surface area contributed by atoms with Crippen molar-refractivity contribution >= 4 is 16.7 Å². The first kappa shape index (κ1) is 15.8. The summed E-state index contributed by atoms with van der Waals surface area (Å²) in [6, 6.07) is 14.5. The van der Waals surface area contributed by atoms with Crippen LogP contribution in [0.1, 0.15) is 36.0 Å². The quantitative estimate of drug-likeness (QED) is 0.735. The van der Waals surface area contributed by atoms with Gasteiger partial charge >= 0.3 is 0 Å². The highest BCUT2D eigenvalue weighted by Gasteiger charge is 2.27. The molecule has 0 radical (unpaired) electrons. The minimum absolute atomic E-state index is 0.190. The molecular weight excluding hydrogens is 314 g/mol. The summed E-state index contributed by atoms with van der Waals surface area (Å²) < 4.78 is 5.27. The van der Waals surface area contributed by atoms with Gasteiger partial charge in [0.1, 0.15) is 0 Å². The van der Waals surface area contributed by atoms with Gasteiger partial charge in [-0.05, 0) is 36.1 Å². The summed E-state index contributed by atoms with van der Waals surface area (Å²) in [6.07, 6.45) is 2.21. The Kier molecular flexibility index (Phi) is 4.22. The predicted octanol–water partition coefficient (Wildman–Crippen LogP) is 3.48. The molecule has 5 heteroatoms. The van der Waals surface area contributed by atoms with Gasteiger partial charge in [0.05, 0.1) is 6.42 Å². The van der Waals surface area contributed by atoms with Crippen LogP contribution in [0.4, 0.5) is 0 Å². The number of hydrogen-bond donors (Lipinski definition) is 0. The van der Waals surface area contributed by atoms with Gasteiger partial charge in [-0.15, -0.1) is 0 Å². The van der Waals surface area contributed by atoms with Crippen molar-refractivity contribution in [1.29, 1.82) is 0 Å². The van der Waals surface area contributed by atoms with E-state index in [2.05, 4.69) is 34.4 Å². The Balaban J connectivity index is 1.38. The minimum atomic E-state index is 0.190. The van der Waals surface area contributed by atoms with Crippen LogP contribution in [0.25, 0.3) is 10.8 Å². The summed E-state index contributed by atoms with van der Waals surface area (Å²) in [5, 5.41) is 6.24. The second kappa shape index (κ2) is 6.67. The summed E-state index contributed by atoms with van der Waals surface area (Å²) in [6.45, 7) is 3.33. The van der Waals surface area contributed by atoms with Crippen molar-refractivity contribution in [3.63, 3.8) is 0 Å². The number of aryl methyl sites for hydroxylation is 1. The van der Waals surface area contributed by atoms with Crippen molar-refractivity contribution in [3.8, 4) is 0 Å². The van der Waals surface area contributed by atoms with Crippen molar-refractivity contribution in [1.82, 2.24) is 15.0 Å². The first-order chi connectivity index (χ1) is 12.2. The summed E-state index contributed by atoms with van der Waals surface area (Å²) in [7, 11) is 0. The molecule has 1 fully saturated rings. The van der Waals surface area contributed by atoms with Gasteiger partial charge in [0, 0.05) is 19.0 Å². The topological polar surface area (TPSA) is 59.2 Å². The van der Waals surface area contributed by atoms with Crippen molar-refractivity contribution in [3.05, 3.63) is 59.7 Å². The third kappa shape index (κ3) is 3.40. The van der Waals surface area contributed by atoms with Gasteiger partial charge in [-0.25, -0.2) is 0 Å². The molecule has 1 aliphatic rings. The third-order valence-corrected chi connectivity index (χ3v) is 4.91. The maximum absolute atomic E-state index is 12.6. The molecule has 0 unspecified atom stereocenters. The number of carbonyl (C=O) groups excluding carboxylic acids is 1. The number of carbonyl (C=O) groups is 1. The molecule has 3 aromatic rings. The number of rotatable bonds is 3. The van der Waals surface area contributed by atoms with E-state index < -0.39 is 0 Å². The Morgan fingerprint density at radius 3 is 2.64 bits per heavy atom. The second-order valence-corrected chi connectivity index (χ2v) is 6.69. The van der Waals surface area contributed by atoms with Gasteiger partial charge < -0.3 is 9.42 Å². The summed E-state index contributed by atoms with van der Waals surface area (Å²) in [5.41, 5.74) is 1.07. The van der Waals surface area contributed by atoms with E-state index in [4.69, 9.17) is 4.52 Å². The van der Waals surface area contributed by atoms with Crippen LogP contribution in [0.3, 0.4) is 0 Å². The first-order valence-corrected chi connectivity index (χ1v) is 8.75. The number of hydrogen-bond acceptors (Lipinski definition) is 4. The fraction of sp³-hybridized carbons (Fsp3) is 0.350. The first-order valence-electron chi connectivity index (χ1n) is 8.75. The highest BCUT2D eigenvalue weighted by atomic mass is 16.5. The maximum Gasteiger partial charge on any atom is 0.229 e. The molecule has 0 bridgehead atoms. The lowest BCUT2D eigenvalue weighted by molar-refractivity contribution is -0.131. The second-order valence-electron chi connectivity index (χ2n) is 6.69. The average Bonchev–Trinajstić information content (AvgIpc) is 3.08. The largest absolute Gasteiger partial charge is 0.342 e. The molecule has 2 heterocycles. The van der Waals surface area contributed by atoms with Gasteiger partial charge in [0.25, 0.3) is 0 Å². The van der Waals surface area contributed by atoms with Crippen molar-refractivity contribution in [2.24, 2.45) is 0 Å². The normalized spacial score (nSPS) is 15.6. The van der Waals surface area contributed by atoms with Crippen molar-refractivity contribution in [2.75, 3.05) is 13.1 Å². The van der Waals surface area contributed by atoms with Crippen LogP contribution in [0.15, 0.2) is 47.0 Å². The number of amides is 1. The van der Waals surface area contributed by atoms with E-state index in [0.717, 1.165) is 31.5 Å². The highest BCUT2D eigenvalue weighted by Crippen LogP contribution is 2.27. The van der Waals surface area contributed by atoms with Gasteiger partial charge in [0.15, 0.2) is 5.82 Å². The Hall–Kier alpha value is -2.69. The molecule has 0 spiro atoms. The molecule has 128 valence electrons. The molecule has 1 amide bonds. The molecule has 0 N–H and O–H groups in total. The van der Waals surface area contributed by atoms with Crippen molar-refractivity contribution < 1.29 is 9.32 Å². The minimum Gasteiger partial charge on any atom is -0.342 e. The fourth-order valence-electron chi connectivity index (χ4n) is 3.49. The van der Waals surface area contributed by atoms with E-state index in [-0.39, 0.29) is 11.8 Å². The van der Waals surface area contributed by atoms with Crippen molar-refractivity contribution in [2.45, 2.75) is 32.1 Å². The fourth-order valence-corrected chi connectivity index (χ4v) is 3.49. The highest BCUT2D eigenvalue weighted by molar-refractivity contribution is 5.85. The molecule has 2 aromatic carbocycles. The van der Waals surface area contributed by atoms with Crippen LogP contribution < -0.4 is 0 Å². The Morgan fingerprint density at radius 2 is 1.92 bits per heavy atom. The molecule has 5 nitrogen and oxygen atoms in total. The standard InChI is InChI=1S/C20H21N3O2/c1-14-21-20(25-22-14)17-8-10-23(11-9-17)19(24)13-15-6-7-16-4-2-3-5-18(16)12-15/h2-7,12,17H,8-11,13H2,1H3.